The number of hydrogen-bond acceptors (Lipinski definition) is 7. The molecular weight excluding hydrogens is 399 g/mol. The number of aliphatic imine (C=N–C) groups is 1. The second kappa shape index (κ2) is 7.26. The van der Waals surface area contributed by atoms with E-state index in [9.17, 15) is 9.18 Å². The van der Waals surface area contributed by atoms with E-state index < -0.39 is 12.2 Å². The van der Waals surface area contributed by atoms with Crippen molar-refractivity contribution in [1.29, 1.82) is 0 Å². The molecule has 1 fully saturated rings. The molecule has 4 rings (SSSR count). The summed E-state index contributed by atoms with van der Waals surface area (Å²) in [6.07, 6.45) is 1.98. The Morgan fingerprint density at radius 3 is 2.97 bits per heavy atom. The lowest BCUT2D eigenvalue weighted by Gasteiger charge is -2.32. The molecule has 3 atom stereocenters. The summed E-state index contributed by atoms with van der Waals surface area (Å²) < 4.78 is 24.7. The lowest BCUT2D eigenvalue weighted by Crippen LogP contribution is -2.39. The van der Waals surface area contributed by atoms with Crippen molar-refractivity contribution in [1.82, 2.24) is 9.97 Å². The molecule has 0 radical (unpaired) electrons. The number of aromatic nitrogens is 2. The minimum Gasteiger partial charge on any atom is -0.480 e. The van der Waals surface area contributed by atoms with Crippen LogP contribution in [-0.2, 0) is 16.7 Å². The van der Waals surface area contributed by atoms with Crippen molar-refractivity contribution in [2.45, 2.75) is 31.4 Å². The van der Waals surface area contributed by atoms with Crippen LogP contribution in [0.3, 0.4) is 0 Å². The number of Topliss-reactive ketones (excluding diaryl/α,β-unsaturated/α-hetero) is 1. The van der Waals surface area contributed by atoms with Gasteiger partial charge in [-0.3, -0.25) is 4.79 Å². The van der Waals surface area contributed by atoms with Crippen LogP contribution in [0.25, 0.3) is 0 Å². The number of amidine groups is 1. The molecule has 0 spiro atoms. The molecule has 7 nitrogen and oxygen atoms in total. The third kappa shape index (κ3) is 3.42. The first-order valence-corrected chi connectivity index (χ1v) is 9.53. The second-order valence-corrected chi connectivity index (χ2v) is 7.67. The summed E-state index contributed by atoms with van der Waals surface area (Å²) in [6.45, 7) is 0.944. The van der Waals surface area contributed by atoms with Crippen LogP contribution in [0.5, 0.6) is 5.88 Å². The summed E-state index contributed by atoms with van der Waals surface area (Å²) in [5, 5.41) is 0.378. The second-order valence-electron chi connectivity index (χ2n) is 7.27. The molecule has 152 valence electrons. The quantitative estimate of drug-likeness (QED) is 0.724. The number of rotatable bonds is 6. The number of benzene rings is 1. The van der Waals surface area contributed by atoms with Crippen LogP contribution < -0.4 is 10.5 Å². The predicted octanol–water partition coefficient (Wildman–Crippen LogP) is 2.77. The van der Waals surface area contributed by atoms with Gasteiger partial charge in [0.05, 0.1) is 19.0 Å². The van der Waals surface area contributed by atoms with E-state index >= 15 is 0 Å². The first-order valence-electron chi connectivity index (χ1n) is 9.15. The van der Waals surface area contributed by atoms with Gasteiger partial charge in [0.25, 0.3) is 6.02 Å². The van der Waals surface area contributed by atoms with E-state index in [1.54, 1.807) is 25.1 Å². The number of alkyl halides is 1. The number of fused-ring (bicyclic) bond motifs is 1. The normalized spacial score (nSPS) is 24.9. The number of methoxy groups -OCH3 is 1. The standard InChI is InChI=1S/C20H20ClFN4O3/c1-10-18(24-8-17(25-10)28-2)15(27)6-11-3-4-14(21)12(5-11)20(9-22)13-7-16(13)29-19(23)26-20/h3-5,8,13,16H,6-7,9H2,1-2H3,(H2,23,26)/t13-,16+,20+/m0/s1. The summed E-state index contributed by atoms with van der Waals surface area (Å²) in [4.78, 5) is 25.4. The van der Waals surface area contributed by atoms with Gasteiger partial charge in [-0.05, 0) is 25.0 Å². The zero-order valence-electron chi connectivity index (χ0n) is 16.0. The van der Waals surface area contributed by atoms with Crippen LogP contribution in [-0.4, -0.2) is 41.7 Å². The van der Waals surface area contributed by atoms with Crippen molar-refractivity contribution in [2.24, 2.45) is 16.6 Å². The smallest absolute Gasteiger partial charge is 0.283 e. The van der Waals surface area contributed by atoms with E-state index in [0.29, 0.717) is 34.1 Å². The van der Waals surface area contributed by atoms with Crippen LogP contribution in [0.15, 0.2) is 29.4 Å². The first kappa shape index (κ1) is 19.6. The van der Waals surface area contributed by atoms with Crippen molar-refractivity contribution < 1.29 is 18.7 Å². The van der Waals surface area contributed by atoms with Crippen LogP contribution in [0.2, 0.25) is 5.02 Å². The van der Waals surface area contributed by atoms with Gasteiger partial charge in [0.15, 0.2) is 5.78 Å². The molecule has 2 heterocycles. The Hall–Kier alpha value is -2.74. The number of halogens is 2. The fourth-order valence-electron chi connectivity index (χ4n) is 3.84. The minimum atomic E-state index is -1.18. The Morgan fingerprint density at radius 2 is 2.28 bits per heavy atom. The van der Waals surface area contributed by atoms with E-state index in [2.05, 4.69) is 15.0 Å². The van der Waals surface area contributed by atoms with Gasteiger partial charge in [-0.25, -0.2) is 19.4 Å². The van der Waals surface area contributed by atoms with E-state index in [0.717, 1.165) is 0 Å². The number of nitrogens with two attached hydrogens (primary N) is 1. The molecule has 2 N–H and O–H groups in total. The molecule has 0 saturated heterocycles. The summed E-state index contributed by atoms with van der Waals surface area (Å²) in [5.74, 6) is 0.00383. The average Bonchev–Trinajstić information content (AvgIpc) is 3.48. The fourth-order valence-corrected chi connectivity index (χ4v) is 4.12. The highest BCUT2D eigenvalue weighted by Crippen LogP contribution is 2.54. The van der Waals surface area contributed by atoms with Gasteiger partial charge >= 0.3 is 0 Å². The number of ether oxygens (including phenoxy) is 2. The van der Waals surface area contributed by atoms with Gasteiger partial charge < -0.3 is 15.2 Å². The van der Waals surface area contributed by atoms with E-state index in [1.165, 1.54) is 13.3 Å². The highest BCUT2D eigenvalue weighted by molar-refractivity contribution is 6.31. The number of ketones is 1. The van der Waals surface area contributed by atoms with Gasteiger partial charge in [0, 0.05) is 22.9 Å². The number of hydrogen-bond donors (Lipinski definition) is 1. The molecule has 1 aromatic heterocycles. The molecule has 1 aliphatic carbocycles. The van der Waals surface area contributed by atoms with Crippen molar-refractivity contribution in [3.8, 4) is 5.88 Å². The van der Waals surface area contributed by atoms with Gasteiger partial charge in [-0.1, -0.05) is 23.7 Å². The lowest BCUT2D eigenvalue weighted by atomic mass is 9.84. The Balaban J connectivity index is 1.66. The zero-order chi connectivity index (χ0) is 20.8. The van der Waals surface area contributed by atoms with E-state index in [-0.39, 0.29) is 35.9 Å². The molecule has 2 aliphatic rings. The van der Waals surface area contributed by atoms with Crippen molar-refractivity contribution in [3.05, 3.63) is 51.9 Å². The number of aryl methyl sites for hydroxylation is 1. The van der Waals surface area contributed by atoms with Crippen LogP contribution in [0.4, 0.5) is 4.39 Å². The molecule has 0 unspecified atom stereocenters. The maximum atomic E-state index is 14.3. The molecule has 1 aromatic carbocycles. The molecule has 9 heteroatoms. The highest BCUT2D eigenvalue weighted by atomic mass is 35.5. The minimum absolute atomic E-state index is 0.0388. The number of nitrogens with zero attached hydrogens (tertiary/aromatic N) is 3. The number of carbonyl (C=O) groups excluding carboxylic acids is 1. The third-order valence-corrected chi connectivity index (χ3v) is 5.72. The summed E-state index contributed by atoms with van der Waals surface area (Å²) in [6, 6.07) is 5.08. The largest absolute Gasteiger partial charge is 0.480 e. The molecule has 0 bridgehead atoms. The fraction of sp³-hybridized carbons (Fsp3) is 0.400. The maximum Gasteiger partial charge on any atom is 0.283 e. The summed E-state index contributed by atoms with van der Waals surface area (Å²) in [7, 11) is 1.48. The molecule has 29 heavy (non-hydrogen) atoms. The van der Waals surface area contributed by atoms with Crippen molar-refractivity contribution in [2.75, 3.05) is 13.8 Å². The molecule has 1 saturated carbocycles. The third-order valence-electron chi connectivity index (χ3n) is 5.39. The lowest BCUT2D eigenvalue weighted by molar-refractivity contribution is 0.0986. The Morgan fingerprint density at radius 1 is 1.48 bits per heavy atom. The summed E-state index contributed by atoms with van der Waals surface area (Å²) >= 11 is 6.40. The van der Waals surface area contributed by atoms with Crippen LogP contribution in [0.1, 0.15) is 33.7 Å². The Bertz CT molecular complexity index is 1020. The molecule has 0 amide bonds. The number of carbonyl (C=O) groups is 1. The predicted molar refractivity (Wildman–Crippen MR) is 105 cm³/mol. The molecule has 2 aromatic rings. The van der Waals surface area contributed by atoms with Crippen molar-refractivity contribution >= 4 is 23.4 Å². The first-order chi connectivity index (χ1) is 13.9. The van der Waals surface area contributed by atoms with E-state index in [4.69, 9.17) is 26.8 Å². The van der Waals surface area contributed by atoms with Crippen LogP contribution >= 0.6 is 11.6 Å². The van der Waals surface area contributed by atoms with Gasteiger partial charge in [-0.2, -0.15) is 0 Å². The Kier molecular flexibility index (Phi) is 4.90. The SMILES string of the molecule is COc1cnc(C(=O)Cc2ccc(Cl)c([C@@]3(CF)N=C(N)O[C@@H]4C[C@@H]43)c2)c(C)n1. The van der Waals surface area contributed by atoms with Gasteiger partial charge in [-0.15, -0.1) is 0 Å². The maximum absolute atomic E-state index is 14.3. The van der Waals surface area contributed by atoms with Crippen LogP contribution in [0, 0.1) is 12.8 Å². The molecular formula is C20H20ClFN4O3. The topological polar surface area (TPSA) is 99.7 Å². The highest BCUT2D eigenvalue weighted by Gasteiger charge is 2.59. The summed E-state index contributed by atoms with van der Waals surface area (Å²) in [5.41, 5.74) is 6.52. The van der Waals surface area contributed by atoms with Crippen molar-refractivity contribution in [3.63, 3.8) is 0 Å². The zero-order valence-corrected chi connectivity index (χ0v) is 16.7. The monoisotopic (exact) mass is 418 g/mol. The van der Waals surface area contributed by atoms with E-state index in [1.807, 2.05) is 0 Å². The Labute approximate surface area is 172 Å². The molecule has 1 aliphatic heterocycles. The average molecular weight is 419 g/mol. The van der Waals surface area contributed by atoms with Gasteiger partial charge in [0.1, 0.15) is 24.0 Å². The van der Waals surface area contributed by atoms with Gasteiger partial charge in [0.2, 0.25) is 5.88 Å².